The molecule has 32 heavy (non-hydrogen) atoms. The SMILES string of the molecule is O=C1Nc2nc(C3CCCC3)n(Cc3ccccc3)c2C2=N[C@H](Cc3ccccc3)CN12. The van der Waals surface area contributed by atoms with E-state index in [9.17, 15) is 4.79 Å². The molecule has 1 fully saturated rings. The Morgan fingerprint density at radius 1 is 0.938 bits per heavy atom. The number of benzene rings is 2. The van der Waals surface area contributed by atoms with E-state index in [0.29, 0.717) is 18.3 Å². The van der Waals surface area contributed by atoms with Crippen LogP contribution in [0.1, 0.15) is 54.2 Å². The van der Waals surface area contributed by atoms with E-state index in [4.69, 9.17) is 9.98 Å². The van der Waals surface area contributed by atoms with Crippen molar-refractivity contribution in [2.45, 2.75) is 50.6 Å². The number of hydrogen-bond donors (Lipinski definition) is 1. The number of nitrogens with zero attached hydrogens (tertiary/aromatic N) is 4. The molecule has 1 aromatic heterocycles. The van der Waals surface area contributed by atoms with Crippen LogP contribution in [-0.2, 0) is 13.0 Å². The van der Waals surface area contributed by atoms with Crippen molar-refractivity contribution < 1.29 is 4.79 Å². The van der Waals surface area contributed by atoms with Gasteiger partial charge < -0.3 is 4.57 Å². The zero-order chi connectivity index (χ0) is 21.5. The molecule has 1 atom stereocenters. The summed E-state index contributed by atoms with van der Waals surface area (Å²) in [7, 11) is 0. The second-order valence-electron chi connectivity index (χ2n) is 9.06. The summed E-state index contributed by atoms with van der Waals surface area (Å²) in [6, 6.07) is 20.8. The van der Waals surface area contributed by atoms with Crippen LogP contribution >= 0.6 is 0 Å². The Labute approximate surface area is 188 Å². The summed E-state index contributed by atoms with van der Waals surface area (Å²) in [5.41, 5.74) is 3.44. The van der Waals surface area contributed by atoms with E-state index in [1.54, 1.807) is 4.90 Å². The first-order valence-corrected chi connectivity index (χ1v) is 11.6. The summed E-state index contributed by atoms with van der Waals surface area (Å²) in [5.74, 6) is 2.98. The van der Waals surface area contributed by atoms with Gasteiger partial charge >= 0.3 is 6.03 Å². The summed E-state index contributed by atoms with van der Waals surface area (Å²) < 4.78 is 2.32. The zero-order valence-corrected chi connectivity index (χ0v) is 18.1. The molecule has 2 amide bonds. The van der Waals surface area contributed by atoms with Gasteiger partial charge in [0.2, 0.25) is 0 Å². The first-order chi connectivity index (χ1) is 15.8. The van der Waals surface area contributed by atoms with Gasteiger partial charge in [0.25, 0.3) is 0 Å². The minimum Gasteiger partial charge on any atom is -0.319 e. The van der Waals surface area contributed by atoms with Crippen LogP contribution in [0.3, 0.4) is 0 Å². The van der Waals surface area contributed by atoms with E-state index >= 15 is 0 Å². The monoisotopic (exact) mass is 425 g/mol. The Morgan fingerprint density at radius 2 is 1.62 bits per heavy atom. The van der Waals surface area contributed by atoms with E-state index in [1.165, 1.54) is 24.0 Å². The molecule has 3 aromatic rings. The largest absolute Gasteiger partial charge is 0.328 e. The van der Waals surface area contributed by atoms with Crippen LogP contribution in [0.15, 0.2) is 65.7 Å². The summed E-state index contributed by atoms with van der Waals surface area (Å²) in [6.45, 7) is 1.34. The topological polar surface area (TPSA) is 62.5 Å². The average Bonchev–Trinajstić information content (AvgIpc) is 3.54. The average molecular weight is 426 g/mol. The van der Waals surface area contributed by atoms with Crippen LogP contribution in [0, 0.1) is 0 Å². The van der Waals surface area contributed by atoms with E-state index < -0.39 is 0 Å². The minimum absolute atomic E-state index is 0.0547. The molecular formula is C26H27N5O. The third kappa shape index (κ3) is 3.40. The van der Waals surface area contributed by atoms with Gasteiger partial charge in [0.15, 0.2) is 11.7 Å². The van der Waals surface area contributed by atoms with Gasteiger partial charge in [0, 0.05) is 12.5 Å². The smallest absolute Gasteiger partial charge is 0.319 e. The van der Waals surface area contributed by atoms with Gasteiger partial charge in [-0.05, 0) is 30.4 Å². The van der Waals surface area contributed by atoms with Crippen molar-refractivity contribution >= 4 is 17.7 Å². The summed E-state index contributed by atoms with van der Waals surface area (Å²) in [5, 5.41) is 3.06. The number of nitrogens with one attached hydrogen (secondary N) is 1. The third-order valence-corrected chi connectivity index (χ3v) is 6.85. The molecule has 3 aliphatic rings. The van der Waals surface area contributed by atoms with Gasteiger partial charge in [-0.25, -0.2) is 9.78 Å². The van der Waals surface area contributed by atoms with Crippen LogP contribution in [0.4, 0.5) is 10.6 Å². The first kappa shape index (κ1) is 19.3. The van der Waals surface area contributed by atoms with Crippen molar-refractivity contribution in [2.24, 2.45) is 4.99 Å². The highest BCUT2D eigenvalue weighted by Crippen LogP contribution is 2.38. The zero-order valence-electron chi connectivity index (χ0n) is 18.1. The maximum absolute atomic E-state index is 12.9. The Kier molecular flexibility index (Phi) is 4.78. The Morgan fingerprint density at radius 3 is 2.34 bits per heavy atom. The fourth-order valence-corrected chi connectivity index (χ4v) is 5.32. The molecule has 0 saturated heterocycles. The van der Waals surface area contributed by atoms with Crippen molar-refractivity contribution in [3.63, 3.8) is 0 Å². The molecule has 2 aromatic carbocycles. The quantitative estimate of drug-likeness (QED) is 0.638. The molecule has 1 N–H and O–H groups in total. The van der Waals surface area contributed by atoms with Gasteiger partial charge in [-0.15, -0.1) is 0 Å². The van der Waals surface area contributed by atoms with Crippen LogP contribution < -0.4 is 5.32 Å². The predicted octanol–water partition coefficient (Wildman–Crippen LogP) is 4.81. The van der Waals surface area contributed by atoms with Crippen LogP contribution in [-0.4, -0.2) is 38.9 Å². The second-order valence-corrected chi connectivity index (χ2v) is 9.06. The maximum atomic E-state index is 12.9. The van der Waals surface area contributed by atoms with Gasteiger partial charge in [-0.1, -0.05) is 73.5 Å². The minimum atomic E-state index is -0.117. The molecular weight excluding hydrogens is 398 g/mol. The number of fused-ring (bicyclic) bond motifs is 3. The molecule has 3 heterocycles. The Bertz CT molecular complexity index is 1160. The van der Waals surface area contributed by atoms with Crippen molar-refractivity contribution in [1.82, 2.24) is 14.5 Å². The molecule has 1 aliphatic carbocycles. The number of imidazole rings is 1. The molecule has 0 unspecified atom stereocenters. The molecule has 0 radical (unpaired) electrons. The van der Waals surface area contributed by atoms with Crippen molar-refractivity contribution in [3.05, 3.63) is 83.3 Å². The van der Waals surface area contributed by atoms with Gasteiger partial charge in [-0.3, -0.25) is 15.2 Å². The van der Waals surface area contributed by atoms with Gasteiger partial charge in [-0.2, -0.15) is 0 Å². The second kappa shape index (κ2) is 7.93. The normalized spacial score (nSPS) is 20.1. The first-order valence-electron chi connectivity index (χ1n) is 11.6. The Hall–Kier alpha value is -3.41. The van der Waals surface area contributed by atoms with E-state index in [2.05, 4.69) is 58.4 Å². The molecule has 2 aliphatic heterocycles. The third-order valence-electron chi connectivity index (χ3n) is 6.85. The van der Waals surface area contributed by atoms with Crippen LogP contribution in [0.25, 0.3) is 0 Å². The van der Waals surface area contributed by atoms with Crippen molar-refractivity contribution in [1.29, 1.82) is 0 Å². The lowest BCUT2D eigenvalue weighted by atomic mass is 10.1. The number of carbonyl (C=O) groups excluding carboxylic acids is 1. The number of amides is 2. The maximum Gasteiger partial charge on any atom is 0.328 e. The van der Waals surface area contributed by atoms with Gasteiger partial charge in [0.05, 0.1) is 12.6 Å². The molecule has 0 spiro atoms. The standard InChI is InChI=1S/C26H27N5O/c32-26-29-23-22(25-27-21(17-31(25)26)15-18-9-3-1-4-10-18)30(16-19-11-5-2-6-12-19)24(28-23)20-13-7-8-14-20/h1-6,9-12,20-21H,7-8,13-17H2,(H,29,32)/t21-/m1/s1. The van der Waals surface area contributed by atoms with Crippen LogP contribution in [0.5, 0.6) is 0 Å². The lowest BCUT2D eigenvalue weighted by Crippen LogP contribution is -2.44. The van der Waals surface area contributed by atoms with Crippen LogP contribution in [0.2, 0.25) is 0 Å². The number of aliphatic imine (C=N–C) groups is 1. The van der Waals surface area contributed by atoms with Crippen molar-refractivity contribution in [2.75, 3.05) is 11.9 Å². The number of carbonyl (C=O) groups is 1. The number of amidine groups is 1. The van der Waals surface area contributed by atoms with Crippen molar-refractivity contribution in [3.8, 4) is 0 Å². The fraction of sp³-hybridized carbons (Fsp3) is 0.346. The summed E-state index contributed by atoms with van der Waals surface area (Å²) >= 11 is 0. The van der Waals surface area contributed by atoms with E-state index in [1.807, 2.05) is 12.1 Å². The highest BCUT2D eigenvalue weighted by Gasteiger charge is 2.40. The molecule has 0 bridgehead atoms. The van der Waals surface area contributed by atoms with Gasteiger partial charge in [0.1, 0.15) is 11.5 Å². The fourth-order valence-electron chi connectivity index (χ4n) is 5.32. The molecule has 1 saturated carbocycles. The highest BCUT2D eigenvalue weighted by atomic mass is 16.2. The summed E-state index contributed by atoms with van der Waals surface area (Å²) in [6.07, 6.45) is 5.63. The number of rotatable bonds is 5. The molecule has 6 rings (SSSR count). The number of hydrogen-bond acceptors (Lipinski definition) is 3. The predicted molar refractivity (Wildman–Crippen MR) is 125 cm³/mol. The lowest BCUT2D eigenvalue weighted by molar-refractivity contribution is 0.234. The van der Waals surface area contributed by atoms with E-state index in [0.717, 1.165) is 43.2 Å². The molecule has 6 heteroatoms. The molecule has 162 valence electrons. The number of urea groups is 1. The highest BCUT2D eigenvalue weighted by molar-refractivity contribution is 6.17. The summed E-state index contributed by atoms with van der Waals surface area (Å²) in [4.78, 5) is 24.8. The number of aromatic nitrogens is 2. The lowest BCUT2D eigenvalue weighted by Gasteiger charge is -2.25. The molecule has 6 nitrogen and oxygen atoms in total. The Balaban J connectivity index is 1.42. The number of anilines is 1. The van der Waals surface area contributed by atoms with E-state index in [-0.39, 0.29) is 12.1 Å².